The maximum atomic E-state index is 7.80. The van der Waals surface area contributed by atoms with E-state index in [9.17, 15) is 0 Å². The molecule has 6 nitrogen and oxygen atoms in total. The molecule has 0 spiro atoms. The van der Waals surface area contributed by atoms with Crippen molar-refractivity contribution in [2.75, 3.05) is 0 Å². The van der Waals surface area contributed by atoms with Gasteiger partial charge in [0.1, 0.15) is 5.82 Å². The third-order valence-corrected chi connectivity index (χ3v) is 15.3. The highest BCUT2D eigenvalue weighted by atomic mass is 15.0. The summed E-state index contributed by atoms with van der Waals surface area (Å²) in [5.41, 5.74) is 19.8. The second kappa shape index (κ2) is 17.8. The molecule has 0 aliphatic carbocycles. The van der Waals surface area contributed by atoms with Gasteiger partial charge < -0.3 is 13.7 Å². The first-order valence-corrected chi connectivity index (χ1v) is 25.9. The maximum absolute atomic E-state index is 7.80. The van der Waals surface area contributed by atoms with Gasteiger partial charge in [-0.15, -0.1) is 0 Å². The van der Waals surface area contributed by atoms with Crippen molar-refractivity contribution in [3.05, 3.63) is 278 Å². The van der Waals surface area contributed by atoms with Crippen molar-refractivity contribution in [3.63, 3.8) is 0 Å². The number of hydrogen-bond donors (Lipinski definition) is 0. The summed E-state index contributed by atoms with van der Waals surface area (Å²) in [6.45, 7) is 7.80. The van der Waals surface area contributed by atoms with Gasteiger partial charge in [-0.3, -0.25) is 0 Å². The maximum Gasteiger partial charge on any atom is 0.198 e. The van der Waals surface area contributed by atoms with Crippen LogP contribution in [0, 0.1) is 6.57 Å². The number of aromatic nitrogens is 5. The predicted molar refractivity (Wildman–Crippen MR) is 318 cm³/mol. The Balaban J connectivity index is 0.787. The second-order valence-corrected chi connectivity index (χ2v) is 19.6. The van der Waals surface area contributed by atoms with Crippen LogP contribution < -0.4 is 0 Å². The van der Waals surface area contributed by atoms with Crippen LogP contribution in [0.4, 0.5) is 5.69 Å². The molecule has 0 radical (unpaired) electrons. The molecule has 0 N–H and O–H groups in total. The van der Waals surface area contributed by atoms with Crippen LogP contribution >= 0.6 is 0 Å². The van der Waals surface area contributed by atoms with Crippen molar-refractivity contribution < 1.29 is 0 Å². The van der Waals surface area contributed by atoms with E-state index >= 15 is 0 Å². The highest BCUT2D eigenvalue weighted by molar-refractivity contribution is 6.14. The summed E-state index contributed by atoms with van der Waals surface area (Å²) < 4.78 is 7.25. The largest absolute Gasteiger partial charge is 0.309 e. The highest BCUT2D eigenvalue weighted by Crippen LogP contribution is 2.41. The summed E-state index contributed by atoms with van der Waals surface area (Å²) in [7, 11) is 0. The van der Waals surface area contributed by atoms with E-state index < -0.39 is 0 Å². The van der Waals surface area contributed by atoms with Crippen molar-refractivity contribution in [2.24, 2.45) is 0 Å². The molecular formula is C71H44N6. The number of para-hydroxylation sites is 5. The molecular weight excluding hydrogens is 937 g/mol. The Morgan fingerprint density at radius 3 is 1.06 bits per heavy atom. The number of fused-ring (bicyclic) bond motifs is 9. The molecule has 0 aliphatic rings. The van der Waals surface area contributed by atoms with Crippen LogP contribution in [0.5, 0.6) is 0 Å². The van der Waals surface area contributed by atoms with Gasteiger partial charge in [-0.2, -0.15) is 0 Å². The summed E-state index contributed by atoms with van der Waals surface area (Å²) in [6.07, 6.45) is 0. The van der Waals surface area contributed by atoms with Crippen LogP contribution in [-0.2, 0) is 0 Å². The zero-order valence-corrected chi connectivity index (χ0v) is 41.6. The van der Waals surface area contributed by atoms with E-state index in [0.717, 1.165) is 78.4 Å². The van der Waals surface area contributed by atoms with Gasteiger partial charge in [0.25, 0.3) is 0 Å². The average molecular weight is 981 g/mol. The Labute approximate surface area is 444 Å². The molecule has 0 amide bonds. The molecule has 11 aromatic carbocycles. The zero-order chi connectivity index (χ0) is 51.0. The minimum atomic E-state index is 0.526. The standard InChI is InChI=1S/C71H44N6/c1-72-62-22-10-5-21-59(62)71-73-63(50-15-3-2-4-16-50)45-64(74-71)51-33-31-48(32-34-51)46-27-29-47(30-28-46)49-35-37-52(38-36-49)75-69-41-39-53(76-65-23-11-6-17-55(65)56-18-7-12-24-66(56)76)43-60(69)61-44-54(40-42-70(61)75)77-67-25-13-8-19-57(67)58-20-9-14-26-68(58)77/h2-45H. The molecule has 0 fully saturated rings. The van der Waals surface area contributed by atoms with Crippen molar-refractivity contribution in [2.45, 2.75) is 0 Å². The van der Waals surface area contributed by atoms with E-state index in [1.807, 2.05) is 48.5 Å². The molecule has 4 aromatic heterocycles. The summed E-state index contributed by atoms with van der Waals surface area (Å²) in [5, 5.41) is 7.37. The van der Waals surface area contributed by atoms with Gasteiger partial charge in [0.15, 0.2) is 5.69 Å². The Hall–Kier alpha value is -10.6. The molecule has 6 heteroatoms. The molecule has 0 saturated carbocycles. The molecule has 0 aliphatic heterocycles. The fraction of sp³-hybridized carbons (Fsp3) is 0. The van der Waals surface area contributed by atoms with Crippen molar-refractivity contribution in [1.29, 1.82) is 0 Å². The summed E-state index contributed by atoms with van der Waals surface area (Å²) >= 11 is 0. The number of nitrogens with zero attached hydrogens (tertiary/aromatic N) is 6. The Kier molecular flexibility index (Phi) is 10.2. The van der Waals surface area contributed by atoms with Gasteiger partial charge in [-0.05, 0) is 101 Å². The van der Waals surface area contributed by atoms with Crippen molar-refractivity contribution >= 4 is 71.1 Å². The van der Waals surface area contributed by atoms with Crippen LogP contribution in [-0.4, -0.2) is 23.7 Å². The topological polar surface area (TPSA) is 44.9 Å². The SMILES string of the molecule is [C-]#[N+]c1ccccc1-c1nc(-c2ccccc2)cc(-c2ccc(-c3ccc(-c4ccc(-n5c6ccc(-n7c8ccccc8c8ccccc87)cc6c6cc(-n7c8ccccc8c8ccccc87)ccc65)cc4)cc3)cc2)n1. The van der Waals surface area contributed by atoms with Crippen LogP contribution in [0.1, 0.15) is 0 Å². The van der Waals surface area contributed by atoms with Gasteiger partial charge in [-0.1, -0.05) is 188 Å². The minimum absolute atomic E-state index is 0.526. The molecule has 0 unspecified atom stereocenters. The van der Waals surface area contributed by atoms with E-state index in [1.165, 1.54) is 54.4 Å². The normalized spacial score (nSPS) is 11.6. The molecule has 0 atom stereocenters. The Morgan fingerprint density at radius 1 is 0.273 bits per heavy atom. The van der Waals surface area contributed by atoms with E-state index in [0.29, 0.717) is 11.5 Å². The van der Waals surface area contributed by atoms with Gasteiger partial charge >= 0.3 is 0 Å². The van der Waals surface area contributed by atoms with E-state index in [4.69, 9.17) is 16.5 Å². The summed E-state index contributed by atoms with van der Waals surface area (Å²) in [4.78, 5) is 13.7. The van der Waals surface area contributed by atoms with Crippen LogP contribution in [0.25, 0.3) is 143 Å². The van der Waals surface area contributed by atoms with Gasteiger partial charge in [0, 0.05) is 66.1 Å². The summed E-state index contributed by atoms with van der Waals surface area (Å²) in [5.74, 6) is 0.533. The lowest BCUT2D eigenvalue weighted by molar-refractivity contribution is 1.16. The van der Waals surface area contributed by atoms with Gasteiger partial charge in [0.2, 0.25) is 0 Å². The quantitative estimate of drug-likeness (QED) is 0.142. The second-order valence-electron chi connectivity index (χ2n) is 19.6. The van der Waals surface area contributed by atoms with E-state index in [-0.39, 0.29) is 0 Å². The van der Waals surface area contributed by atoms with Crippen LogP contribution in [0.2, 0.25) is 0 Å². The third kappa shape index (κ3) is 7.25. The lowest BCUT2D eigenvalue weighted by Gasteiger charge is -2.12. The minimum Gasteiger partial charge on any atom is -0.309 e. The van der Waals surface area contributed by atoms with Crippen molar-refractivity contribution in [1.82, 2.24) is 23.7 Å². The lowest BCUT2D eigenvalue weighted by atomic mass is 9.98. The molecule has 15 rings (SSSR count). The van der Waals surface area contributed by atoms with Crippen molar-refractivity contribution in [3.8, 4) is 73.2 Å². The molecule has 0 bridgehead atoms. The third-order valence-electron chi connectivity index (χ3n) is 15.3. The first kappa shape index (κ1) is 43.9. The fourth-order valence-corrected chi connectivity index (χ4v) is 11.7. The molecule has 15 aromatic rings. The number of rotatable bonds is 8. The molecule has 358 valence electrons. The van der Waals surface area contributed by atoms with Gasteiger partial charge in [-0.25, -0.2) is 14.8 Å². The first-order valence-electron chi connectivity index (χ1n) is 25.9. The first-order chi connectivity index (χ1) is 38.1. The number of hydrogen-bond acceptors (Lipinski definition) is 2. The average Bonchev–Trinajstić information content (AvgIpc) is 4.30. The monoisotopic (exact) mass is 980 g/mol. The highest BCUT2D eigenvalue weighted by Gasteiger charge is 2.20. The Morgan fingerprint density at radius 2 is 0.610 bits per heavy atom. The van der Waals surface area contributed by atoms with Gasteiger partial charge in [0.05, 0.1) is 51.1 Å². The predicted octanol–water partition coefficient (Wildman–Crippen LogP) is 18.7. The van der Waals surface area contributed by atoms with Crippen LogP contribution in [0.3, 0.4) is 0 Å². The van der Waals surface area contributed by atoms with Crippen LogP contribution in [0.15, 0.2) is 267 Å². The van der Waals surface area contributed by atoms with E-state index in [1.54, 1.807) is 0 Å². The Bertz CT molecular complexity index is 4560. The number of benzene rings is 11. The fourth-order valence-electron chi connectivity index (χ4n) is 11.7. The summed E-state index contributed by atoms with van der Waals surface area (Å²) in [6, 6.07) is 94.9. The van der Waals surface area contributed by atoms with E-state index in [2.05, 4.69) is 237 Å². The molecule has 0 saturated heterocycles. The molecule has 77 heavy (non-hydrogen) atoms. The molecule has 4 heterocycles. The lowest BCUT2D eigenvalue weighted by Crippen LogP contribution is -1.96. The zero-order valence-electron chi connectivity index (χ0n) is 41.6. The smallest absolute Gasteiger partial charge is 0.198 e.